The highest BCUT2D eigenvalue weighted by Crippen LogP contribution is 2.17. The molecule has 1 heterocycles. The predicted octanol–water partition coefficient (Wildman–Crippen LogP) is 3.98. The Balaban J connectivity index is 2.00. The second-order valence-electron chi connectivity index (χ2n) is 5.72. The molecule has 1 aromatic heterocycles. The van der Waals surface area contributed by atoms with Crippen molar-refractivity contribution in [2.24, 2.45) is 0 Å². The highest BCUT2D eigenvalue weighted by molar-refractivity contribution is 5.69. The number of hydrogen-bond donors (Lipinski definition) is 0. The van der Waals surface area contributed by atoms with Gasteiger partial charge in [0, 0.05) is 30.8 Å². The van der Waals surface area contributed by atoms with E-state index in [4.69, 9.17) is 4.74 Å². The Morgan fingerprint density at radius 1 is 1.09 bits per heavy atom. The van der Waals surface area contributed by atoms with Crippen LogP contribution in [0.25, 0.3) is 11.4 Å². The van der Waals surface area contributed by atoms with E-state index in [2.05, 4.69) is 16.9 Å². The van der Waals surface area contributed by atoms with Crippen molar-refractivity contribution < 1.29 is 9.53 Å². The van der Waals surface area contributed by atoms with E-state index in [9.17, 15) is 4.79 Å². The molecule has 4 heteroatoms. The van der Waals surface area contributed by atoms with Gasteiger partial charge in [-0.2, -0.15) is 0 Å². The number of benzene rings is 1. The largest absolute Gasteiger partial charge is 0.462 e. The number of rotatable bonds is 7. The zero-order chi connectivity index (χ0) is 16.7. The summed E-state index contributed by atoms with van der Waals surface area (Å²) >= 11 is 0. The standard InChI is InChI=1S/C19H24N2O2/c1-4-6-16-12-20-19(21-13-16)17-9-7-15(8-10-17)11-14(3)23-18(22)5-2/h7-10,12-14H,4-6,11H2,1-3H3. The van der Waals surface area contributed by atoms with Gasteiger partial charge >= 0.3 is 5.97 Å². The van der Waals surface area contributed by atoms with E-state index >= 15 is 0 Å². The van der Waals surface area contributed by atoms with Crippen molar-refractivity contribution in [2.75, 3.05) is 0 Å². The van der Waals surface area contributed by atoms with Gasteiger partial charge in [-0.3, -0.25) is 4.79 Å². The van der Waals surface area contributed by atoms with Gasteiger partial charge in [0.1, 0.15) is 6.10 Å². The first-order valence-corrected chi connectivity index (χ1v) is 8.22. The minimum absolute atomic E-state index is 0.113. The molecule has 0 spiro atoms. The van der Waals surface area contributed by atoms with E-state index in [1.54, 1.807) is 6.92 Å². The first-order chi connectivity index (χ1) is 11.1. The highest BCUT2D eigenvalue weighted by Gasteiger charge is 2.09. The van der Waals surface area contributed by atoms with Gasteiger partial charge in [0.15, 0.2) is 5.82 Å². The summed E-state index contributed by atoms with van der Waals surface area (Å²) in [6.07, 6.45) is 6.90. The van der Waals surface area contributed by atoms with Crippen LogP contribution in [0.15, 0.2) is 36.7 Å². The van der Waals surface area contributed by atoms with Crippen LogP contribution in [-0.4, -0.2) is 22.0 Å². The molecule has 2 aromatic rings. The molecule has 122 valence electrons. The minimum Gasteiger partial charge on any atom is -0.462 e. The maximum atomic E-state index is 11.3. The number of carbonyl (C=O) groups excluding carboxylic acids is 1. The van der Waals surface area contributed by atoms with Crippen molar-refractivity contribution in [2.45, 2.75) is 52.6 Å². The molecule has 1 atom stereocenters. The van der Waals surface area contributed by atoms with Gasteiger partial charge < -0.3 is 4.74 Å². The van der Waals surface area contributed by atoms with E-state index in [0.717, 1.165) is 29.8 Å². The molecule has 0 N–H and O–H groups in total. The molecule has 1 aromatic carbocycles. The molecule has 0 fully saturated rings. The van der Waals surface area contributed by atoms with Crippen LogP contribution >= 0.6 is 0 Å². The fourth-order valence-corrected chi connectivity index (χ4v) is 2.39. The van der Waals surface area contributed by atoms with Crippen LogP contribution in [0.5, 0.6) is 0 Å². The van der Waals surface area contributed by atoms with Crippen molar-refractivity contribution in [3.8, 4) is 11.4 Å². The molecular formula is C19H24N2O2. The third kappa shape index (κ3) is 5.16. The summed E-state index contributed by atoms with van der Waals surface area (Å²) in [6.45, 7) is 5.86. The maximum Gasteiger partial charge on any atom is 0.305 e. The molecule has 0 amide bonds. The third-order valence-electron chi connectivity index (χ3n) is 3.60. The first-order valence-electron chi connectivity index (χ1n) is 8.22. The van der Waals surface area contributed by atoms with Crippen LogP contribution in [0, 0.1) is 0 Å². The quantitative estimate of drug-likeness (QED) is 0.726. The summed E-state index contributed by atoms with van der Waals surface area (Å²) in [5, 5.41) is 0. The SMILES string of the molecule is CCCc1cnc(-c2ccc(CC(C)OC(=O)CC)cc2)nc1. The van der Waals surface area contributed by atoms with E-state index in [-0.39, 0.29) is 12.1 Å². The summed E-state index contributed by atoms with van der Waals surface area (Å²) in [5.41, 5.74) is 3.29. The van der Waals surface area contributed by atoms with Crippen LogP contribution in [0.1, 0.15) is 44.7 Å². The van der Waals surface area contributed by atoms with E-state index in [1.807, 2.05) is 43.6 Å². The van der Waals surface area contributed by atoms with Crippen molar-refractivity contribution in [3.63, 3.8) is 0 Å². The Kier molecular flexibility index (Phi) is 6.27. The Hall–Kier alpha value is -2.23. The van der Waals surface area contributed by atoms with Crippen LogP contribution < -0.4 is 0 Å². The fraction of sp³-hybridized carbons (Fsp3) is 0.421. The smallest absolute Gasteiger partial charge is 0.305 e. The van der Waals surface area contributed by atoms with Gasteiger partial charge in [-0.1, -0.05) is 44.5 Å². The monoisotopic (exact) mass is 312 g/mol. The number of hydrogen-bond acceptors (Lipinski definition) is 4. The van der Waals surface area contributed by atoms with Crippen LogP contribution in [0.3, 0.4) is 0 Å². The predicted molar refractivity (Wildman–Crippen MR) is 91.0 cm³/mol. The van der Waals surface area contributed by atoms with Crippen LogP contribution in [0.2, 0.25) is 0 Å². The zero-order valence-electron chi connectivity index (χ0n) is 14.1. The fourth-order valence-electron chi connectivity index (χ4n) is 2.39. The molecule has 0 aliphatic heterocycles. The van der Waals surface area contributed by atoms with Gasteiger partial charge in [-0.15, -0.1) is 0 Å². The summed E-state index contributed by atoms with van der Waals surface area (Å²) in [6, 6.07) is 8.10. The maximum absolute atomic E-state index is 11.3. The van der Waals surface area contributed by atoms with Crippen molar-refractivity contribution in [1.29, 1.82) is 0 Å². The molecule has 0 aliphatic rings. The lowest BCUT2D eigenvalue weighted by Gasteiger charge is -2.13. The van der Waals surface area contributed by atoms with Crippen molar-refractivity contribution in [3.05, 3.63) is 47.8 Å². The second kappa shape index (κ2) is 8.42. The molecule has 1 unspecified atom stereocenters. The number of aromatic nitrogens is 2. The van der Waals surface area contributed by atoms with Gasteiger partial charge in [-0.05, 0) is 24.5 Å². The van der Waals surface area contributed by atoms with Crippen LogP contribution in [-0.2, 0) is 22.4 Å². The number of ether oxygens (including phenoxy) is 1. The van der Waals surface area contributed by atoms with Crippen LogP contribution in [0.4, 0.5) is 0 Å². The molecule has 0 aliphatic carbocycles. The lowest BCUT2D eigenvalue weighted by Crippen LogP contribution is -2.16. The summed E-state index contributed by atoms with van der Waals surface area (Å²) in [4.78, 5) is 20.1. The Morgan fingerprint density at radius 3 is 2.30 bits per heavy atom. The van der Waals surface area contributed by atoms with E-state index in [1.165, 1.54) is 5.56 Å². The number of nitrogens with zero attached hydrogens (tertiary/aromatic N) is 2. The molecule has 4 nitrogen and oxygen atoms in total. The molecule has 0 saturated carbocycles. The number of aryl methyl sites for hydroxylation is 1. The van der Waals surface area contributed by atoms with E-state index in [0.29, 0.717) is 12.8 Å². The lowest BCUT2D eigenvalue weighted by molar-refractivity contribution is -0.147. The summed E-state index contributed by atoms with van der Waals surface area (Å²) in [5.74, 6) is 0.580. The minimum atomic E-state index is -0.158. The number of carbonyl (C=O) groups is 1. The van der Waals surface area contributed by atoms with Crippen molar-refractivity contribution >= 4 is 5.97 Å². The third-order valence-corrected chi connectivity index (χ3v) is 3.60. The van der Waals surface area contributed by atoms with Gasteiger partial charge in [0.25, 0.3) is 0 Å². The van der Waals surface area contributed by atoms with Gasteiger partial charge in [0.2, 0.25) is 0 Å². The number of esters is 1. The average molecular weight is 312 g/mol. The molecule has 0 bridgehead atoms. The molecule has 2 rings (SSSR count). The average Bonchev–Trinajstić information content (AvgIpc) is 2.56. The summed E-state index contributed by atoms with van der Waals surface area (Å²) < 4.78 is 5.29. The van der Waals surface area contributed by atoms with Gasteiger partial charge in [0.05, 0.1) is 0 Å². The van der Waals surface area contributed by atoms with Gasteiger partial charge in [-0.25, -0.2) is 9.97 Å². The topological polar surface area (TPSA) is 52.1 Å². The molecule has 0 radical (unpaired) electrons. The van der Waals surface area contributed by atoms with Crippen molar-refractivity contribution in [1.82, 2.24) is 9.97 Å². The Labute approximate surface area is 137 Å². The zero-order valence-corrected chi connectivity index (χ0v) is 14.1. The Morgan fingerprint density at radius 2 is 1.74 bits per heavy atom. The molecule has 0 saturated heterocycles. The van der Waals surface area contributed by atoms with E-state index < -0.39 is 0 Å². The normalized spacial score (nSPS) is 12.0. The first kappa shape index (κ1) is 17.1. The Bertz CT molecular complexity index is 621. The molecule has 23 heavy (non-hydrogen) atoms. The highest BCUT2D eigenvalue weighted by atomic mass is 16.5. The molecular weight excluding hydrogens is 288 g/mol. The summed E-state index contributed by atoms with van der Waals surface area (Å²) in [7, 11) is 0. The second-order valence-corrected chi connectivity index (χ2v) is 5.72. The lowest BCUT2D eigenvalue weighted by atomic mass is 10.1.